The molecule has 1 aliphatic rings. The first-order valence-corrected chi connectivity index (χ1v) is 9.48. The van der Waals surface area contributed by atoms with E-state index in [4.69, 9.17) is 23.2 Å². The maximum Gasteiger partial charge on any atom is 0.255 e. The van der Waals surface area contributed by atoms with Gasteiger partial charge in [0.05, 0.1) is 10.6 Å². The largest absolute Gasteiger partial charge is 0.339 e. The molecule has 3 rings (SSSR count). The Balaban J connectivity index is 1.67. The molecule has 0 N–H and O–H groups in total. The predicted molar refractivity (Wildman–Crippen MR) is 105 cm³/mol. The van der Waals surface area contributed by atoms with E-state index in [2.05, 4.69) is 0 Å². The number of likely N-dealkylation sites (tertiary alicyclic amines) is 1. The van der Waals surface area contributed by atoms with E-state index in [1.807, 2.05) is 32.0 Å². The van der Waals surface area contributed by atoms with E-state index in [9.17, 15) is 9.59 Å². The van der Waals surface area contributed by atoms with Crippen LogP contribution in [0.5, 0.6) is 0 Å². The first-order valence-electron chi connectivity index (χ1n) is 8.72. The summed E-state index contributed by atoms with van der Waals surface area (Å²) in [7, 11) is 0. The molecule has 0 aliphatic carbocycles. The number of piperidine rings is 1. The molecule has 1 heterocycles. The van der Waals surface area contributed by atoms with Gasteiger partial charge in [-0.3, -0.25) is 9.59 Å². The summed E-state index contributed by atoms with van der Waals surface area (Å²) >= 11 is 12.0. The normalized spacial score (nSPS) is 15.2. The second kappa shape index (κ2) is 7.81. The van der Waals surface area contributed by atoms with Gasteiger partial charge in [-0.1, -0.05) is 47.0 Å². The van der Waals surface area contributed by atoms with Crippen LogP contribution in [-0.2, 0) is 0 Å². The van der Waals surface area contributed by atoms with Gasteiger partial charge in [-0.25, -0.2) is 0 Å². The zero-order valence-electron chi connectivity index (χ0n) is 14.9. The first kappa shape index (κ1) is 18.9. The molecule has 0 radical (unpaired) electrons. The third-order valence-electron chi connectivity index (χ3n) is 4.96. The first-order chi connectivity index (χ1) is 12.4. The van der Waals surface area contributed by atoms with Gasteiger partial charge in [0.2, 0.25) is 0 Å². The summed E-state index contributed by atoms with van der Waals surface area (Å²) in [5.74, 6) is 0.0318. The minimum atomic E-state index is -0.107. The lowest BCUT2D eigenvalue weighted by Gasteiger charge is -2.31. The summed E-state index contributed by atoms with van der Waals surface area (Å²) in [6, 6.07) is 10.8. The molecular weight excluding hydrogens is 369 g/mol. The standard InChI is InChI=1S/C21H21Cl2NO2/c1-13-3-5-17(14(2)11-13)20(25)15-7-9-24(10-8-15)21(26)18-6-4-16(22)12-19(18)23/h3-6,11-12,15H,7-10H2,1-2H3. The van der Waals surface area contributed by atoms with Crippen molar-refractivity contribution in [3.63, 3.8) is 0 Å². The monoisotopic (exact) mass is 389 g/mol. The zero-order valence-corrected chi connectivity index (χ0v) is 16.4. The van der Waals surface area contributed by atoms with Gasteiger partial charge < -0.3 is 4.90 Å². The fourth-order valence-corrected chi connectivity index (χ4v) is 3.98. The molecule has 136 valence electrons. The lowest BCUT2D eigenvalue weighted by molar-refractivity contribution is 0.0650. The van der Waals surface area contributed by atoms with Crippen molar-refractivity contribution in [1.29, 1.82) is 0 Å². The number of rotatable bonds is 3. The van der Waals surface area contributed by atoms with Crippen molar-refractivity contribution in [2.24, 2.45) is 5.92 Å². The minimum Gasteiger partial charge on any atom is -0.339 e. The van der Waals surface area contributed by atoms with Crippen molar-refractivity contribution in [3.05, 3.63) is 68.7 Å². The van der Waals surface area contributed by atoms with Crippen molar-refractivity contribution in [3.8, 4) is 0 Å². The number of hydrogen-bond donors (Lipinski definition) is 0. The average molecular weight is 390 g/mol. The molecule has 1 aliphatic heterocycles. The summed E-state index contributed by atoms with van der Waals surface area (Å²) in [4.78, 5) is 27.3. The lowest BCUT2D eigenvalue weighted by atomic mass is 9.87. The molecular formula is C21H21Cl2NO2. The number of halogens is 2. The van der Waals surface area contributed by atoms with Gasteiger partial charge in [-0.2, -0.15) is 0 Å². The quantitative estimate of drug-likeness (QED) is 0.663. The van der Waals surface area contributed by atoms with Crippen LogP contribution in [0.4, 0.5) is 0 Å². The Labute approximate surface area is 163 Å². The van der Waals surface area contributed by atoms with Crippen molar-refractivity contribution in [2.75, 3.05) is 13.1 Å². The zero-order chi connectivity index (χ0) is 18.8. The fourth-order valence-electron chi connectivity index (χ4n) is 3.49. The van der Waals surface area contributed by atoms with Crippen LogP contribution in [-0.4, -0.2) is 29.7 Å². The number of aryl methyl sites for hydroxylation is 2. The summed E-state index contributed by atoms with van der Waals surface area (Å²) in [5, 5.41) is 0.861. The third kappa shape index (κ3) is 3.94. The number of benzene rings is 2. The molecule has 26 heavy (non-hydrogen) atoms. The molecule has 0 bridgehead atoms. The molecule has 0 atom stereocenters. The lowest BCUT2D eigenvalue weighted by Crippen LogP contribution is -2.40. The van der Waals surface area contributed by atoms with Crippen LogP contribution < -0.4 is 0 Å². The van der Waals surface area contributed by atoms with E-state index in [0.717, 1.165) is 16.7 Å². The van der Waals surface area contributed by atoms with Gasteiger partial charge in [0.15, 0.2) is 5.78 Å². The molecule has 3 nitrogen and oxygen atoms in total. The van der Waals surface area contributed by atoms with Crippen LogP contribution in [0.15, 0.2) is 36.4 Å². The van der Waals surface area contributed by atoms with E-state index in [0.29, 0.717) is 41.5 Å². The highest BCUT2D eigenvalue weighted by molar-refractivity contribution is 6.36. The van der Waals surface area contributed by atoms with Gasteiger partial charge in [-0.15, -0.1) is 0 Å². The van der Waals surface area contributed by atoms with E-state index < -0.39 is 0 Å². The molecule has 1 fully saturated rings. The molecule has 1 amide bonds. The SMILES string of the molecule is Cc1ccc(C(=O)C2CCN(C(=O)c3ccc(Cl)cc3Cl)CC2)c(C)c1. The van der Waals surface area contributed by atoms with Gasteiger partial charge in [0.1, 0.15) is 0 Å². The molecule has 0 unspecified atom stereocenters. The Kier molecular flexibility index (Phi) is 5.69. The molecule has 5 heteroatoms. The van der Waals surface area contributed by atoms with E-state index >= 15 is 0 Å². The predicted octanol–water partition coefficient (Wildman–Crippen LogP) is 5.35. The van der Waals surface area contributed by atoms with Crippen LogP contribution in [0, 0.1) is 19.8 Å². The van der Waals surface area contributed by atoms with Crippen LogP contribution in [0.2, 0.25) is 10.0 Å². The molecule has 0 aromatic heterocycles. The molecule has 2 aromatic rings. The second-order valence-electron chi connectivity index (χ2n) is 6.87. The summed E-state index contributed by atoms with van der Waals surface area (Å²) < 4.78 is 0. The Morgan fingerprint density at radius 1 is 0.962 bits per heavy atom. The number of carbonyl (C=O) groups excluding carboxylic acids is 2. The third-order valence-corrected chi connectivity index (χ3v) is 5.51. The van der Waals surface area contributed by atoms with Gasteiger partial charge in [0, 0.05) is 29.6 Å². The number of nitrogens with zero attached hydrogens (tertiary/aromatic N) is 1. The van der Waals surface area contributed by atoms with E-state index in [1.165, 1.54) is 0 Å². The van der Waals surface area contributed by atoms with Crippen LogP contribution in [0.1, 0.15) is 44.7 Å². The minimum absolute atomic E-state index is 0.0406. The van der Waals surface area contributed by atoms with Crippen molar-refractivity contribution in [1.82, 2.24) is 4.90 Å². The maximum atomic E-state index is 12.8. The Morgan fingerprint density at radius 2 is 1.62 bits per heavy atom. The molecule has 2 aromatic carbocycles. The topological polar surface area (TPSA) is 37.4 Å². The smallest absolute Gasteiger partial charge is 0.255 e. The second-order valence-corrected chi connectivity index (χ2v) is 7.72. The Hall–Kier alpha value is -1.84. The maximum absolute atomic E-state index is 12.8. The van der Waals surface area contributed by atoms with E-state index in [1.54, 1.807) is 23.1 Å². The number of carbonyl (C=O) groups is 2. The summed E-state index contributed by atoms with van der Waals surface area (Å²) in [6.07, 6.45) is 1.34. The molecule has 1 saturated heterocycles. The number of Topliss-reactive ketones (excluding diaryl/α,β-unsaturated/α-hetero) is 1. The highest BCUT2D eigenvalue weighted by Gasteiger charge is 2.29. The van der Waals surface area contributed by atoms with Crippen LogP contribution in [0.3, 0.4) is 0 Å². The average Bonchev–Trinajstić information content (AvgIpc) is 2.61. The summed E-state index contributed by atoms with van der Waals surface area (Å²) in [5.41, 5.74) is 3.41. The van der Waals surface area contributed by atoms with Crippen LogP contribution >= 0.6 is 23.2 Å². The van der Waals surface area contributed by atoms with E-state index in [-0.39, 0.29) is 17.6 Å². The Bertz CT molecular complexity index is 784. The van der Waals surface area contributed by atoms with Gasteiger partial charge in [0.25, 0.3) is 5.91 Å². The highest BCUT2D eigenvalue weighted by atomic mass is 35.5. The summed E-state index contributed by atoms with van der Waals surface area (Å²) in [6.45, 7) is 5.10. The molecule has 0 saturated carbocycles. The van der Waals surface area contributed by atoms with Crippen molar-refractivity contribution < 1.29 is 9.59 Å². The highest BCUT2D eigenvalue weighted by Crippen LogP contribution is 2.27. The van der Waals surface area contributed by atoms with Gasteiger partial charge in [-0.05, 0) is 50.5 Å². The van der Waals surface area contributed by atoms with Gasteiger partial charge >= 0.3 is 0 Å². The van der Waals surface area contributed by atoms with Crippen molar-refractivity contribution >= 4 is 34.9 Å². The number of ketones is 1. The van der Waals surface area contributed by atoms with Crippen LogP contribution in [0.25, 0.3) is 0 Å². The Morgan fingerprint density at radius 3 is 2.23 bits per heavy atom. The number of hydrogen-bond acceptors (Lipinski definition) is 2. The van der Waals surface area contributed by atoms with Crippen molar-refractivity contribution in [2.45, 2.75) is 26.7 Å². The molecule has 0 spiro atoms. The number of amides is 1. The fraction of sp³-hybridized carbons (Fsp3) is 0.333.